The molecule has 0 aromatic heterocycles. The van der Waals surface area contributed by atoms with Crippen molar-refractivity contribution in [3.05, 3.63) is 35.9 Å². The quantitative estimate of drug-likeness (QED) is 0.356. The van der Waals surface area contributed by atoms with Gasteiger partial charge in [0.2, 0.25) is 0 Å². The predicted octanol–water partition coefficient (Wildman–Crippen LogP) is 2.30. The van der Waals surface area contributed by atoms with Gasteiger partial charge in [0.1, 0.15) is 11.6 Å². The fraction of sp³-hybridized carbons (Fsp3) is 0.583. The Kier molecular flexibility index (Phi) is 4.07. The van der Waals surface area contributed by atoms with E-state index in [4.69, 9.17) is 9.47 Å². The Labute approximate surface area is 177 Å². The van der Waals surface area contributed by atoms with Crippen LogP contribution in [0.15, 0.2) is 24.8 Å². The van der Waals surface area contributed by atoms with Crippen molar-refractivity contribution in [3.63, 3.8) is 0 Å². The SMILES string of the molecule is C=CC[N+]1(C)CC[C@]23c4c5ccc(OC(=O)C(C)C)c4O[C@H]2C(=O)CC[C@@]3(O)C1C5. The lowest BCUT2D eigenvalue weighted by atomic mass is 9.48. The lowest BCUT2D eigenvalue weighted by molar-refractivity contribution is -0.944. The molecule has 2 aliphatic heterocycles. The molecular formula is C24H30NO5+. The van der Waals surface area contributed by atoms with Crippen LogP contribution in [-0.2, 0) is 21.4 Å². The van der Waals surface area contributed by atoms with E-state index < -0.39 is 17.1 Å². The van der Waals surface area contributed by atoms with Crippen LogP contribution in [0.2, 0.25) is 0 Å². The van der Waals surface area contributed by atoms with Gasteiger partial charge in [0.15, 0.2) is 23.4 Å². The third kappa shape index (κ3) is 2.21. The van der Waals surface area contributed by atoms with Crippen LogP contribution in [-0.4, -0.2) is 59.2 Å². The maximum atomic E-state index is 13.0. The molecule has 6 heteroatoms. The summed E-state index contributed by atoms with van der Waals surface area (Å²) in [5.74, 6) is 0.265. The maximum absolute atomic E-state index is 13.0. The van der Waals surface area contributed by atoms with Gasteiger partial charge < -0.3 is 19.1 Å². The van der Waals surface area contributed by atoms with Gasteiger partial charge in [0.05, 0.1) is 31.5 Å². The van der Waals surface area contributed by atoms with E-state index in [2.05, 4.69) is 13.6 Å². The molecule has 1 spiro atoms. The van der Waals surface area contributed by atoms with Crippen LogP contribution in [0.5, 0.6) is 11.5 Å². The molecule has 0 radical (unpaired) electrons. The summed E-state index contributed by atoms with van der Waals surface area (Å²) < 4.78 is 12.6. The first-order chi connectivity index (χ1) is 14.2. The second-order valence-electron chi connectivity index (χ2n) is 10.0. The number of nitrogens with zero attached hydrogens (tertiary/aromatic N) is 1. The number of ketones is 1. The minimum atomic E-state index is -1.04. The predicted molar refractivity (Wildman–Crippen MR) is 110 cm³/mol. The average Bonchev–Trinajstić information content (AvgIpc) is 3.05. The molecule has 1 aromatic rings. The number of benzene rings is 1. The summed E-state index contributed by atoms with van der Waals surface area (Å²) in [6, 6.07) is 3.74. The van der Waals surface area contributed by atoms with Gasteiger partial charge >= 0.3 is 5.97 Å². The number of Topliss-reactive ketones (excluding diaryl/α,β-unsaturated/α-hetero) is 1. The van der Waals surface area contributed by atoms with Crippen molar-refractivity contribution in [2.45, 2.75) is 62.7 Å². The lowest BCUT2D eigenvalue weighted by Crippen LogP contribution is -2.80. The Morgan fingerprint density at radius 1 is 1.43 bits per heavy atom. The monoisotopic (exact) mass is 412 g/mol. The number of piperidine rings is 1. The van der Waals surface area contributed by atoms with E-state index in [-0.39, 0.29) is 23.7 Å². The molecular weight excluding hydrogens is 382 g/mol. The smallest absolute Gasteiger partial charge is 0.313 e. The zero-order valence-corrected chi connectivity index (χ0v) is 17.9. The van der Waals surface area contributed by atoms with E-state index >= 15 is 0 Å². The van der Waals surface area contributed by atoms with E-state index in [0.29, 0.717) is 41.7 Å². The molecule has 2 aliphatic carbocycles. The average molecular weight is 413 g/mol. The first kappa shape index (κ1) is 19.8. The normalized spacial score (nSPS) is 38.1. The van der Waals surface area contributed by atoms with Gasteiger partial charge in [-0.1, -0.05) is 26.5 Å². The number of likely N-dealkylation sites (N-methyl/N-ethyl adjacent to an activating group) is 1. The fourth-order valence-corrected chi connectivity index (χ4v) is 6.64. The van der Waals surface area contributed by atoms with Crippen molar-refractivity contribution < 1.29 is 28.7 Å². The first-order valence-electron chi connectivity index (χ1n) is 10.9. The number of likely N-dealkylation sites (tertiary alicyclic amines) is 1. The van der Waals surface area contributed by atoms with Crippen molar-refractivity contribution in [2.24, 2.45) is 5.92 Å². The highest BCUT2D eigenvalue weighted by atomic mass is 16.6. The molecule has 30 heavy (non-hydrogen) atoms. The summed E-state index contributed by atoms with van der Waals surface area (Å²) >= 11 is 0. The van der Waals surface area contributed by atoms with Crippen LogP contribution in [0, 0.1) is 5.92 Å². The van der Waals surface area contributed by atoms with Gasteiger partial charge in [0, 0.05) is 24.8 Å². The number of hydrogen-bond acceptors (Lipinski definition) is 5. The molecule has 1 aromatic carbocycles. The number of hydrogen-bond donors (Lipinski definition) is 1. The Balaban J connectivity index is 1.72. The lowest BCUT2D eigenvalue weighted by Gasteiger charge is -2.64. The van der Waals surface area contributed by atoms with E-state index in [1.807, 2.05) is 12.1 Å². The molecule has 6 nitrogen and oxygen atoms in total. The summed E-state index contributed by atoms with van der Waals surface area (Å²) in [7, 11) is 2.18. The molecule has 160 valence electrons. The standard InChI is InChI=1S/C24H30NO5/c1-5-11-25(4)12-10-23-19-15-6-7-17(29-22(27)14(2)3)20(19)30-21(23)16(26)8-9-24(23,28)18(25)13-15/h5-7,14,18,21,28H,1,8-13H2,2-4H3/q+1/t18?,21-,23-,24+,25?/m0/s1. The molecule has 2 unspecified atom stereocenters. The van der Waals surface area contributed by atoms with Crippen molar-refractivity contribution >= 4 is 11.8 Å². The topological polar surface area (TPSA) is 72.8 Å². The van der Waals surface area contributed by atoms with Crippen LogP contribution in [0.4, 0.5) is 0 Å². The number of ether oxygens (including phenoxy) is 2. The zero-order valence-electron chi connectivity index (χ0n) is 17.9. The molecule has 2 heterocycles. The van der Waals surface area contributed by atoms with Crippen LogP contribution in [0.1, 0.15) is 44.2 Å². The Morgan fingerprint density at radius 2 is 2.20 bits per heavy atom. The largest absolute Gasteiger partial charge is 0.477 e. The van der Waals surface area contributed by atoms with Gasteiger partial charge in [-0.2, -0.15) is 0 Å². The highest BCUT2D eigenvalue weighted by molar-refractivity contribution is 5.90. The first-order valence-corrected chi connectivity index (χ1v) is 10.9. The highest BCUT2D eigenvalue weighted by Gasteiger charge is 2.76. The Hall–Kier alpha value is -2.18. The molecule has 5 atom stereocenters. The second kappa shape index (κ2) is 6.17. The van der Waals surface area contributed by atoms with Gasteiger partial charge in [-0.15, -0.1) is 0 Å². The Morgan fingerprint density at radius 3 is 2.90 bits per heavy atom. The third-order valence-electron chi connectivity index (χ3n) is 8.12. The van der Waals surface area contributed by atoms with Gasteiger partial charge in [-0.05, 0) is 24.1 Å². The molecule has 2 bridgehead atoms. The number of carbonyl (C=O) groups is 2. The minimum Gasteiger partial charge on any atom is -0.477 e. The highest BCUT2D eigenvalue weighted by Crippen LogP contribution is 2.65. The molecule has 4 aliphatic rings. The molecule has 5 rings (SSSR count). The van der Waals surface area contributed by atoms with E-state index in [0.717, 1.165) is 24.2 Å². The van der Waals surface area contributed by atoms with Crippen molar-refractivity contribution in [1.82, 2.24) is 0 Å². The summed E-state index contributed by atoms with van der Waals surface area (Å²) in [6.45, 7) is 9.12. The summed E-state index contributed by atoms with van der Waals surface area (Å²) in [6.07, 6.45) is 3.31. The summed E-state index contributed by atoms with van der Waals surface area (Å²) in [4.78, 5) is 25.3. The van der Waals surface area contributed by atoms with Crippen molar-refractivity contribution in [2.75, 3.05) is 20.1 Å². The number of carbonyl (C=O) groups excluding carboxylic acids is 2. The number of aliphatic hydroxyl groups is 1. The minimum absolute atomic E-state index is 0.0310. The van der Waals surface area contributed by atoms with Gasteiger partial charge in [0.25, 0.3) is 0 Å². The molecule has 2 fully saturated rings. The fourth-order valence-electron chi connectivity index (χ4n) is 6.64. The van der Waals surface area contributed by atoms with Crippen LogP contribution in [0.25, 0.3) is 0 Å². The number of esters is 1. The van der Waals surface area contributed by atoms with Gasteiger partial charge in [-0.25, -0.2) is 0 Å². The Bertz CT molecular complexity index is 971. The maximum Gasteiger partial charge on any atom is 0.313 e. The van der Waals surface area contributed by atoms with Crippen LogP contribution >= 0.6 is 0 Å². The summed E-state index contributed by atoms with van der Waals surface area (Å²) in [5, 5.41) is 12.3. The number of rotatable bonds is 4. The zero-order chi connectivity index (χ0) is 21.5. The molecule has 1 saturated carbocycles. The van der Waals surface area contributed by atoms with E-state index in [1.165, 1.54) is 0 Å². The molecule has 1 N–H and O–H groups in total. The van der Waals surface area contributed by atoms with Crippen molar-refractivity contribution in [1.29, 1.82) is 0 Å². The van der Waals surface area contributed by atoms with Gasteiger partial charge in [-0.3, -0.25) is 9.59 Å². The molecule has 1 saturated heterocycles. The number of quaternary nitrogens is 1. The van der Waals surface area contributed by atoms with Crippen LogP contribution in [0.3, 0.4) is 0 Å². The van der Waals surface area contributed by atoms with Crippen molar-refractivity contribution in [3.8, 4) is 11.5 Å². The summed E-state index contributed by atoms with van der Waals surface area (Å²) in [5.41, 5.74) is 0.183. The van der Waals surface area contributed by atoms with Crippen LogP contribution < -0.4 is 9.47 Å². The van der Waals surface area contributed by atoms with E-state index in [9.17, 15) is 14.7 Å². The molecule has 0 amide bonds. The van der Waals surface area contributed by atoms with E-state index in [1.54, 1.807) is 19.9 Å². The second-order valence-corrected chi connectivity index (χ2v) is 10.0. The third-order valence-corrected chi connectivity index (χ3v) is 8.12.